The normalized spacial score (nSPS) is 15.9. The van der Waals surface area contributed by atoms with Crippen LogP contribution in [-0.2, 0) is 4.79 Å². The summed E-state index contributed by atoms with van der Waals surface area (Å²) in [6, 6.07) is 8.16. The van der Waals surface area contributed by atoms with Crippen LogP contribution in [0.1, 0.15) is 44.2 Å². The van der Waals surface area contributed by atoms with Crippen LogP contribution >= 0.6 is 0 Å². The Hall–Kier alpha value is -1.55. The molecule has 1 aromatic rings. The minimum Gasteiger partial charge on any atom is -0.493 e. The van der Waals surface area contributed by atoms with Crippen LogP contribution in [0, 0.1) is 0 Å². The summed E-state index contributed by atoms with van der Waals surface area (Å²) in [6.07, 6.45) is 3.48. The van der Waals surface area contributed by atoms with E-state index < -0.39 is 0 Å². The number of carbonyl (C=O) groups is 1. The fourth-order valence-corrected chi connectivity index (χ4v) is 1.92. The first-order chi connectivity index (χ1) is 9.20. The van der Waals surface area contributed by atoms with Gasteiger partial charge in [0.2, 0.25) is 5.91 Å². The number of nitrogens with two attached hydrogens (primary N) is 1. The Morgan fingerprint density at radius 2 is 2.21 bits per heavy atom. The molecule has 104 valence electrons. The maximum absolute atomic E-state index is 11.5. The highest BCUT2D eigenvalue weighted by atomic mass is 16.5. The van der Waals surface area contributed by atoms with E-state index >= 15 is 0 Å². The Morgan fingerprint density at radius 3 is 2.89 bits per heavy atom. The number of para-hydroxylation sites is 1. The summed E-state index contributed by atoms with van der Waals surface area (Å²) in [4.78, 5) is 11.5. The molecule has 0 saturated heterocycles. The molecular formula is C15H22N2O2. The highest BCUT2D eigenvalue weighted by Gasteiger charge is 2.22. The van der Waals surface area contributed by atoms with Crippen LogP contribution in [0.4, 0.5) is 0 Å². The third kappa shape index (κ3) is 4.24. The Balaban J connectivity index is 1.82. The Morgan fingerprint density at radius 1 is 1.47 bits per heavy atom. The summed E-state index contributed by atoms with van der Waals surface area (Å²) in [5, 5.41) is 2.95. The van der Waals surface area contributed by atoms with Gasteiger partial charge in [0.25, 0.3) is 0 Å². The van der Waals surface area contributed by atoms with Gasteiger partial charge < -0.3 is 15.8 Å². The number of nitrogens with one attached hydrogen (secondary N) is 1. The van der Waals surface area contributed by atoms with Crippen LogP contribution in [0.3, 0.4) is 0 Å². The van der Waals surface area contributed by atoms with E-state index in [1.807, 2.05) is 31.2 Å². The summed E-state index contributed by atoms with van der Waals surface area (Å²) in [5.41, 5.74) is 7.05. The van der Waals surface area contributed by atoms with E-state index in [9.17, 15) is 4.79 Å². The molecule has 2 rings (SSSR count). The van der Waals surface area contributed by atoms with Crippen molar-refractivity contribution in [1.82, 2.24) is 5.32 Å². The summed E-state index contributed by atoms with van der Waals surface area (Å²) < 4.78 is 5.69. The van der Waals surface area contributed by atoms with E-state index in [2.05, 4.69) is 5.32 Å². The van der Waals surface area contributed by atoms with Crippen molar-refractivity contribution >= 4 is 5.91 Å². The lowest BCUT2D eigenvalue weighted by Gasteiger charge is -2.15. The van der Waals surface area contributed by atoms with Gasteiger partial charge in [-0.2, -0.15) is 0 Å². The van der Waals surface area contributed by atoms with Crippen LogP contribution in [0.25, 0.3) is 0 Å². The van der Waals surface area contributed by atoms with Crippen molar-refractivity contribution < 1.29 is 9.53 Å². The first-order valence-corrected chi connectivity index (χ1v) is 6.97. The molecule has 1 saturated carbocycles. The van der Waals surface area contributed by atoms with Crippen LogP contribution in [-0.4, -0.2) is 18.6 Å². The van der Waals surface area contributed by atoms with Gasteiger partial charge in [-0.15, -0.1) is 0 Å². The Bertz CT molecular complexity index is 430. The van der Waals surface area contributed by atoms with Gasteiger partial charge in [-0.1, -0.05) is 25.1 Å². The van der Waals surface area contributed by atoms with Crippen molar-refractivity contribution in [2.75, 3.05) is 6.61 Å². The fourth-order valence-electron chi connectivity index (χ4n) is 1.92. The predicted molar refractivity (Wildman–Crippen MR) is 74.9 cm³/mol. The zero-order valence-corrected chi connectivity index (χ0v) is 11.4. The average molecular weight is 262 g/mol. The molecular weight excluding hydrogens is 240 g/mol. The molecule has 0 spiro atoms. The largest absolute Gasteiger partial charge is 0.493 e. The SMILES string of the molecule is CC[C@H](N)c1ccccc1OCCC(=O)NC1CC1. The standard InChI is InChI=1S/C15H22N2O2/c1-2-13(16)12-5-3-4-6-14(12)19-10-9-15(18)17-11-7-8-11/h3-6,11,13H,2,7-10,16H2,1H3,(H,17,18)/t13-/m0/s1. The molecule has 4 nitrogen and oxygen atoms in total. The third-order valence-corrected chi connectivity index (χ3v) is 3.29. The van der Waals surface area contributed by atoms with Crippen LogP contribution in [0.15, 0.2) is 24.3 Å². The number of hydrogen-bond donors (Lipinski definition) is 2. The van der Waals surface area contributed by atoms with Gasteiger partial charge in [0.05, 0.1) is 13.0 Å². The number of carbonyl (C=O) groups excluding carboxylic acids is 1. The van der Waals surface area contributed by atoms with Gasteiger partial charge in [0.15, 0.2) is 0 Å². The van der Waals surface area contributed by atoms with Crippen molar-refractivity contribution in [1.29, 1.82) is 0 Å². The van der Waals surface area contributed by atoms with Crippen molar-refractivity contribution in [3.05, 3.63) is 29.8 Å². The predicted octanol–water partition coefficient (Wildman–Crippen LogP) is 2.14. The van der Waals surface area contributed by atoms with Gasteiger partial charge in [0, 0.05) is 17.6 Å². The molecule has 1 fully saturated rings. The summed E-state index contributed by atoms with van der Waals surface area (Å²) in [6.45, 7) is 2.44. The fraction of sp³-hybridized carbons (Fsp3) is 0.533. The van der Waals surface area contributed by atoms with E-state index in [1.165, 1.54) is 0 Å². The summed E-state index contributed by atoms with van der Waals surface area (Å²) >= 11 is 0. The topological polar surface area (TPSA) is 64.3 Å². The number of hydrogen-bond acceptors (Lipinski definition) is 3. The van der Waals surface area contributed by atoms with Crippen LogP contribution in [0.2, 0.25) is 0 Å². The minimum atomic E-state index is -0.0171. The van der Waals surface area contributed by atoms with E-state index in [-0.39, 0.29) is 11.9 Å². The quantitative estimate of drug-likeness (QED) is 0.791. The number of rotatable bonds is 7. The monoisotopic (exact) mass is 262 g/mol. The van der Waals surface area contributed by atoms with Crippen molar-refractivity contribution in [2.45, 2.75) is 44.7 Å². The molecule has 0 bridgehead atoms. The first-order valence-electron chi connectivity index (χ1n) is 6.97. The molecule has 0 radical (unpaired) electrons. The number of amides is 1. The molecule has 1 aliphatic carbocycles. The average Bonchev–Trinajstić information content (AvgIpc) is 3.22. The zero-order chi connectivity index (χ0) is 13.7. The number of ether oxygens (including phenoxy) is 1. The molecule has 19 heavy (non-hydrogen) atoms. The first kappa shape index (κ1) is 13.9. The molecule has 0 unspecified atom stereocenters. The second kappa shape index (κ2) is 6.57. The molecule has 1 amide bonds. The van der Waals surface area contributed by atoms with Gasteiger partial charge >= 0.3 is 0 Å². The Labute approximate surface area is 114 Å². The number of benzene rings is 1. The van der Waals surface area contributed by atoms with E-state index in [1.54, 1.807) is 0 Å². The van der Waals surface area contributed by atoms with Crippen molar-refractivity contribution in [3.8, 4) is 5.75 Å². The highest BCUT2D eigenvalue weighted by molar-refractivity contribution is 5.76. The van der Waals surface area contributed by atoms with Gasteiger partial charge in [-0.05, 0) is 25.3 Å². The lowest BCUT2D eigenvalue weighted by molar-refractivity contribution is -0.121. The molecule has 4 heteroatoms. The van der Waals surface area contributed by atoms with E-state index in [0.717, 1.165) is 30.6 Å². The van der Waals surface area contributed by atoms with Crippen LogP contribution in [0.5, 0.6) is 5.75 Å². The second-order valence-electron chi connectivity index (χ2n) is 4.99. The molecule has 3 N–H and O–H groups in total. The molecule has 0 heterocycles. The lowest BCUT2D eigenvalue weighted by Crippen LogP contribution is -2.26. The third-order valence-electron chi connectivity index (χ3n) is 3.29. The second-order valence-corrected chi connectivity index (χ2v) is 4.99. The van der Waals surface area contributed by atoms with Gasteiger partial charge in [-0.3, -0.25) is 4.79 Å². The molecule has 1 aliphatic rings. The smallest absolute Gasteiger partial charge is 0.223 e. The van der Waals surface area contributed by atoms with Gasteiger partial charge in [-0.25, -0.2) is 0 Å². The molecule has 0 aromatic heterocycles. The van der Waals surface area contributed by atoms with E-state index in [0.29, 0.717) is 19.1 Å². The highest BCUT2D eigenvalue weighted by Crippen LogP contribution is 2.25. The summed E-state index contributed by atoms with van der Waals surface area (Å²) in [7, 11) is 0. The van der Waals surface area contributed by atoms with Gasteiger partial charge in [0.1, 0.15) is 5.75 Å². The molecule has 0 aliphatic heterocycles. The van der Waals surface area contributed by atoms with Crippen LogP contribution < -0.4 is 15.8 Å². The zero-order valence-electron chi connectivity index (χ0n) is 11.4. The molecule has 1 aromatic carbocycles. The lowest BCUT2D eigenvalue weighted by atomic mass is 10.0. The van der Waals surface area contributed by atoms with Crippen molar-refractivity contribution in [3.63, 3.8) is 0 Å². The maximum atomic E-state index is 11.5. The molecule has 1 atom stereocenters. The Kier molecular flexibility index (Phi) is 4.80. The maximum Gasteiger partial charge on any atom is 0.223 e. The van der Waals surface area contributed by atoms with Crippen molar-refractivity contribution in [2.24, 2.45) is 5.73 Å². The minimum absolute atomic E-state index is 0.0171. The van der Waals surface area contributed by atoms with E-state index in [4.69, 9.17) is 10.5 Å². The summed E-state index contributed by atoms with van der Waals surface area (Å²) in [5.74, 6) is 0.857.